The monoisotopic (exact) mass is 322 g/mol. The Morgan fingerprint density at radius 1 is 1.14 bits per heavy atom. The van der Waals surface area contributed by atoms with Gasteiger partial charge in [0.1, 0.15) is 5.01 Å². The Balaban J connectivity index is 2.04. The van der Waals surface area contributed by atoms with E-state index in [-0.39, 0.29) is 5.41 Å². The maximum absolute atomic E-state index is 5.95. The Hall–Kier alpha value is -0.900. The fraction of sp³-hybridized carbons (Fsp3) is 0.471. The van der Waals surface area contributed by atoms with E-state index >= 15 is 0 Å². The highest BCUT2D eigenvalue weighted by atomic mass is 35.5. The molecule has 0 unspecified atom stereocenters. The van der Waals surface area contributed by atoms with Crippen molar-refractivity contribution in [3.8, 4) is 0 Å². The van der Waals surface area contributed by atoms with Crippen molar-refractivity contribution >= 4 is 22.9 Å². The van der Waals surface area contributed by atoms with Crippen LogP contribution in [0, 0.1) is 0 Å². The number of benzene rings is 1. The summed E-state index contributed by atoms with van der Waals surface area (Å²) >= 11 is 7.69. The molecule has 1 aromatic heterocycles. The van der Waals surface area contributed by atoms with Gasteiger partial charge in [-0.05, 0) is 5.56 Å². The van der Waals surface area contributed by atoms with Gasteiger partial charge in [0.25, 0.3) is 0 Å². The van der Waals surface area contributed by atoms with Gasteiger partial charge >= 0.3 is 0 Å². The molecule has 0 atom stereocenters. The van der Waals surface area contributed by atoms with Crippen molar-refractivity contribution < 1.29 is 0 Å². The molecule has 2 rings (SSSR count). The predicted molar refractivity (Wildman–Crippen MR) is 92.1 cm³/mol. The Morgan fingerprint density at radius 3 is 2.43 bits per heavy atom. The van der Waals surface area contributed by atoms with Crippen LogP contribution in [0.15, 0.2) is 35.7 Å². The van der Waals surface area contributed by atoms with Gasteiger partial charge in [-0.25, -0.2) is 4.98 Å². The van der Waals surface area contributed by atoms with Crippen LogP contribution in [0.2, 0.25) is 0 Å². The Labute approximate surface area is 136 Å². The van der Waals surface area contributed by atoms with Crippen molar-refractivity contribution in [2.24, 2.45) is 0 Å². The van der Waals surface area contributed by atoms with Crippen LogP contribution in [-0.2, 0) is 18.5 Å². The van der Waals surface area contributed by atoms with E-state index in [1.807, 2.05) is 6.07 Å². The average Bonchev–Trinajstić information content (AvgIpc) is 2.89. The summed E-state index contributed by atoms with van der Waals surface area (Å²) in [5.74, 6) is 0.643. The molecule has 0 radical (unpaired) electrons. The standard InChI is InChI=1S/C17H23ClN2S/c1-17(2,3)15-13-21-16(19-15)12-20(10-9-18)11-14-7-5-4-6-8-14/h4-8,13H,9-12H2,1-3H3. The van der Waals surface area contributed by atoms with Crippen molar-refractivity contribution in [1.82, 2.24) is 9.88 Å². The van der Waals surface area contributed by atoms with Crippen LogP contribution >= 0.6 is 22.9 Å². The second kappa shape index (κ2) is 7.39. The second-order valence-corrected chi connectivity index (χ2v) is 7.58. The smallest absolute Gasteiger partial charge is 0.107 e. The van der Waals surface area contributed by atoms with Gasteiger partial charge in [-0.1, -0.05) is 51.1 Å². The average molecular weight is 323 g/mol. The number of halogens is 1. The minimum Gasteiger partial charge on any atom is -0.291 e. The van der Waals surface area contributed by atoms with Gasteiger partial charge in [0.2, 0.25) is 0 Å². The van der Waals surface area contributed by atoms with Gasteiger partial charge in [0, 0.05) is 29.8 Å². The second-order valence-electron chi connectivity index (χ2n) is 6.26. The number of hydrogen-bond acceptors (Lipinski definition) is 3. The lowest BCUT2D eigenvalue weighted by molar-refractivity contribution is 0.272. The van der Waals surface area contributed by atoms with Crippen LogP contribution in [-0.4, -0.2) is 22.3 Å². The van der Waals surface area contributed by atoms with Gasteiger partial charge in [0.05, 0.1) is 12.2 Å². The highest BCUT2D eigenvalue weighted by Gasteiger charge is 2.18. The molecular weight excluding hydrogens is 300 g/mol. The number of hydrogen-bond donors (Lipinski definition) is 0. The lowest BCUT2D eigenvalue weighted by Crippen LogP contribution is -2.25. The van der Waals surface area contributed by atoms with Gasteiger partial charge in [0.15, 0.2) is 0 Å². The molecule has 1 aromatic carbocycles. The van der Waals surface area contributed by atoms with E-state index in [2.05, 4.69) is 55.3 Å². The fourth-order valence-corrected chi connectivity index (χ4v) is 3.40. The summed E-state index contributed by atoms with van der Waals surface area (Å²) in [6, 6.07) is 10.5. The van der Waals surface area contributed by atoms with Crippen LogP contribution in [0.4, 0.5) is 0 Å². The third-order valence-corrected chi connectivity index (χ3v) is 4.33. The molecule has 4 heteroatoms. The largest absolute Gasteiger partial charge is 0.291 e. The van der Waals surface area contributed by atoms with E-state index in [1.54, 1.807) is 11.3 Å². The highest BCUT2D eigenvalue weighted by molar-refractivity contribution is 7.09. The quantitative estimate of drug-likeness (QED) is 0.718. The van der Waals surface area contributed by atoms with Crippen LogP contribution < -0.4 is 0 Å². The van der Waals surface area contributed by atoms with Crippen LogP contribution in [0.25, 0.3) is 0 Å². The predicted octanol–water partition coefficient (Wildman–Crippen LogP) is 4.68. The van der Waals surface area contributed by atoms with E-state index in [1.165, 1.54) is 16.3 Å². The summed E-state index contributed by atoms with van der Waals surface area (Å²) in [5, 5.41) is 3.34. The summed E-state index contributed by atoms with van der Waals surface area (Å²) in [4.78, 5) is 7.13. The highest BCUT2D eigenvalue weighted by Crippen LogP contribution is 2.24. The first kappa shape index (κ1) is 16.5. The lowest BCUT2D eigenvalue weighted by atomic mass is 9.93. The maximum atomic E-state index is 5.95. The van der Waals surface area contributed by atoms with Crippen LogP contribution in [0.3, 0.4) is 0 Å². The minimum atomic E-state index is 0.117. The molecule has 0 N–H and O–H groups in total. The van der Waals surface area contributed by atoms with Gasteiger partial charge < -0.3 is 0 Å². The number of rotatable bonds is 6. The van der Waals surface area contributed by atoms with Gasteiger partial charge in [-0.3, -0.25) is 4.90 Å². The van der Waals surface area contributed by atoms with Crippen molar-refractivity contribution in [3.05, 3.63) is 52.0 Å². The molecule has 21 heavy (non-hydrogen) atoms. The molecule has 2 nitrogen and oxygen atoms in total. The van der Waals surface area contributed by atoms with Crippen LogP contribution in [0.1, 0.15) is 37.0 Å². The molecule has 0 bridgehead atoms. The van der Waals surface area contributed by atoms with E-state index in [0.717, 1.165) is 19.6 Å². The third kappa shape index (κ3) is 5.10. The summed E-state index contributed by atoms with van der Waals surface area (Å²) in [7, 11) is 0. The third-order valence-electron chi connectivity index (χ3n) is 3.33. The maximum Gasteiger partial charge on any atom is 0.107 e. The molecule has 0 saturated heterocycles. The molecule has 1 heterocycles. The summed E-state index contributed by atoms with van der Waals surface area (Å²) in [5.41, 5.74) is 2.61. The molecular formula is C17H23ClN2S. The summed E-state index contributed by atoms with van der Waals surface area (Å²) in [6.45, 7) is 9.26. The van der Waals surface area contributed by atoms with Gasteiger partial charge in [-0.2, -0.15) is 0 Å². The fourth-order valence-electron chi connectivity index (χ4n) is 2.09. The van der Waals surface area contributed by atoms with E-state index < -0.39 is 0 Å². The van der Waals surface area contributed by atoms with E-state index in [4.69, 9.17) is 16.6 Å². The zero-order valence-electron chi connectivity index (χ0n) is 13.0. The zero-order chi connectivity index (χ0) is 15.3. The molecule has 2 aromatic rings. The van der Waals surface area contributed by atoms with E-state index in [9.17, 15) is 0 Å². The summed E-state index contributed by atoms with van der Waals surface area (Å²) in [6.07, 6.45) is 0. The lowest BCUT2D eigenvalue weighted by Gasteiger charge is -2.20. The van der Waals surface area contributed by atoms with Crippen molar-refractivity contribution in [3.63, 3.8) is 0 Å². The Morgan fingerprint density at radius 2 is 1.86 bits per heavy atom. The summed E-state index contributed by atoms with van der Waals surface area (Å²) < 4.78 is 0. The molecule has 0 amide bonds. The normalized spacial score (nSPS) is 12.0. The molecule has 0 aliphatic rings. The molecule has 0 saturated carbocycles. The van der Waals surface area contributed by atoms with Gasteiger partial charge in [-0.15, -0.1) is 22.9 Å². The topological polar surface area (TPSA) is 16.1 Å². The zero-order valence-corrected chi connectivity index (χ0v) is 14.5. The first-order valence-electron chi connectivity index (χ1n) is 7.26. The SMILES string of the molecule is CC(C)(C)c1csc(CN(CCCl)Cc2ccccc2)n1. The number of alkyl halides is 1. The first-order valence-corrected chi connectivity index (χ1v) is 8.67. The first-order chi connectivity index (χ1) is 9.99. The molecule has 0 aliphatic heterocycles. The minimum absolute atomic E-state index is 0.117. The van der Waals surface area contributed by atoms with Crippen molar-refractivity contribution in [1.29, 1.82) is 0 Å². The molecule has 0 fully saturated rings. The molecule has 0 spiro atoms. The Bertz CT molecular complexity index is 545. The number of thiazole rings is 1. The molecule has 0 aliphatic carbocycles. The number of nitrogens with zero attached hydrogens (tertiary/aromatic N) is 2. The Kier molecular flexibility index (Phi) is 5.80. The van der Waals surface area contributed by atoms with E-state index in [0.29, 0.717) is 5.88 Å². The van der Waals surface area contributed by atoms with Crippen molar-refractivity contribution in [2.45, 2.75) is 39.3 Å². The van der Waals surface area contributed by atoms with Crippen molar-refractivity contribution in [2.75, 3.05) is 12.4 Å². The molecule has 114 valence electrons. The number of aromatic nitrogens is 1. The van der Waals surface area contributed by atoms with Crippen LogP contribution in [0.5, 0.6) is 0 Å².